The van der Waals surface area contributed by atoms with E-state index >= 15 is 0 Å². The molecule has 16 fully saturated rings. The van der Waals surface area contributed by atoms with Crippen molar-refractivity contribution >= 4 is 65.3 Å². The minimum atomic E-state index is -3.92. The van der Waals surface area contributed by atoms with E-state index in [0.29, 0.717) is 109 Å². The number of ketones is 2. The SMILES string of the molecule is CC(F)(F)C(=O)OC(CCOC(=O)C12CC3CC(C1)C(=O)C(C3)C2)COC(=O)C12CC3CC(C1)C(=O)C(C3)C2.CC(F)(F)C(=O)OCC(=O)OC(CC(=O)OCC(=O)OC12CC3CC(CC(O)(C3)C1)C2)C(=O)OCC(=O)OC12CC3CC(CC(O)(C3)C1)C2. The lowest BCUT2D eigenvalue weighted by Gasteiger charge is -2.59. The second-order valence-corrected chi connectivity index (χ2v) is 29.1. The van der Waals surface area contributed by atoms with E-state index in [1.54, 1.807) is 0 Å². The third-order valence-electron chi connectivity index (χ3n) is 21.4. The van der Waals surface area contributed by atoms with Crippen molar-refractivity contribution in [2.24, 2.45) is 70.0 Å². The summed E-state index contributed by atoms with van der Waals surface area (Å²) in [6, 6.07) is 0. The first-order valence-electron chi connectivity index (χ1n) is 31.2. The summed E-state index contributed by atoms with van der Waals surface area (Å²) in [4.78, 5) is 138. The molecule has 16 bridgehead atoms. The van der Waals surface area contributed by atoms with E-state index in [0.717, 1.165) is 38.5 Å². The maximum atomic E-state index is 13.6. The zero-order chi connectivity index (χ0) is 63.1. The van der Waals surface area contributed by atoms with Crippen LogP contribution in [-0.4, -0.2) is 155 Å². The third kappa shape index (κ3) is 13.6. The number of carbonyl (C=O) groups excluding carboxylic acids is 11. The van der Waals surface area contributed by atoms with Crippen LogP contribution in [0.1, 0.15) is 168 Å². The number of hydrogen-bond acceptors (Lipinski definition) is 22. The molecule has 16 saturated carbocycles. The van der Waals surface area contributed by atoms with Crippen LogP contribution in [-0.2, 0) is 95.4 Å². The Kier molecular flexibility index (Phi) is 17.0. The van der Waals surface area contributed by atoms with Gasteiger partial charge in [-0.3, -0.25) is 24.0 Å². The van der Waals surface area contributed by atoms with Gasteiger partial charge in [0.2, 0.25) is 6.10 Å². The number of esters is 9. The molecule has 0 aromatic rings. The van der Waals surface area contributed by atoms with Gasteiger partial charge in [0.05, 0.1) is 35.1 Å². The smallest absolute Gasteiger partial charge is 0.377 e. The normalized spacial score (nSPS) is 38.6. The van der Waals surface area contributed by atoms with Gasteiger partial charge in [0.1, 0.15) is 35.5 Å². The number of rotatable bonds is 22. The van der Waals surface area contributed by atoms with Crippen LogP contribution in [0.5, 0.6) is 0 Å². The lowest BCUT2D eigenvalue weighted by molar-refractivity contribution is -0.223. The lowest BCUT2D eigenvalue weighted by atomic mass is 9.49. The van der Waals surface area contributed by atoms with E-state index in [2.05, 4.69) is 4.74 Å². The molecule has 0 aliphatic heterocycles. The van der Waals surface area contributed by atoms with Crippen molar-refractivity contribution in [3.05, 3.63) is 0 Å². The van der Waals surface area contributed by atoms with Crippen molar-refractivity contribution in [1.29, 1.82) is 0 Å². The standard InChI is InChI=1S/C33H42F2O14.C29H36F2O8/c1-29(34,35)28(41)46-13-24(37)47-22(27(40)45-15-26(39)49-33-11-20-3-21(12-33)8-31(43,7-20)17-33)4-23(36)44-14-25(38)48-32-9-18-2-19(10-32)6-30(42,5-18)16-32;1-27(30,31)24(34)39-21(14-38-26(36)29-9-16-6-19(12-29)23(33)20(7-16)13-29)2-3-37-25(35)28-8-15-4-17(10-28)22(32)18(5-15)11-28/h18-22,42-43H,2-17H2,1H3;15-21H,2-14H2,1H3. The number of ether oxygens (including phenoxy) is 9. The zero-order valence-electron chi connectivity index (χ0n) is 49.5. The summed E-state index contributed by atoms with van der Waals surface area (Å²) in [5, 5.41) is 21.8. The first-order valence-corrected chi connectivity index (χ1v) is 31.2. The number of aliphatic hydroxyl groups is 2. The molecule has 0 amide bonds. The van der Waals surface area contributed by atoms with Gasteiger partial charge in [-0.15, -0.1) is 0 Å². The minimum Gasteiger partial charge on any atom is -0.465 e. The quantitative estimate of drug-likeness (QED) is 0.0751. The van der Waals surface area contributed by atoms with Crippen LogP contribution < -0.4 is 0 Å². The van der Waals surface area contributed by atoms with E-state index in [1.165, 1.54) is 0 Å². The Labute approximate surface area is 504 Å². The summed E-state index contributed by atoms with van der Waals surface area (Å²) in [5.74, 6) is -16.7. The third-order valence-corrected chi connectivity index (χ3v) is 21.4. The van der Waals surface area contributed by atoms with Crippen molar-refractivity contribution < 1.29 is 123 Å². The van der Waals surface area contributed by atoms with Gasteiger partial charge in [-0.05, 0) is 164 Å². The van der Waals surface area contributed by atoms with E-state index in [-0.39, 0.29) is 91.7 Å². The number of carbonyl (C=O) groups is 11. The molecule has 88 heavy (non-hydrogen) atoms. The van der Waals surface area contributed by atoms with Gasteiger partial charge in [0, 0.05) is 56.8 Å². The molecule has 10 unspecified atom stereocenters. The number of alkyl halides is 4. The largest absolute Gasteiger partial charge is 0.465 e. The number of Topliss-reactive ketones (excluding diaryl/α,β-unsaturated/α-hetero) is 2. The molecular formula is C62H78F4O22. The molecule has 16 rings (SSSR count). The fraction of sp³-hybridized carbons (Fsp3) is 0.823. The van der Waals surface area contributed by atoms with Crippen molar-refractivity contribution in [1.82, 2.24) is 0 Å². The van der Waals surface area contributed by atoms with Gasteiger partial charge in [0.25, 0.3) is 0 Å². The fourth-order valence-electron chi connectivity index (χ4n) is 19.4. The molecule has 16 aliphatic rings. The van der Waals surface area contributed by atoms with Crippen LogP contribution >= 0.6 is 0 Å². The van der Waals surface area contributed by atoms with Crippen LogP contribution in [0.15, 0.2) is 0 Å². The molecule has 22 nitrogen and oxygen atoms in total. The minimum absolute atomic E-state index is 0.0939. The summed E-state index contributed by atoms with van der Waals surface area (Å²) < 4.78 is 100.0. The van der Waals surface area contributed by atoms with E-state index in [1.807, 2.05) is 0 Å². The van der Waals surface area contributed by atoms with Crippen LogP contribution in [0.4, 0.5) is 17.6 Å². The maximum Gasteiger partial charge on any atom is 0.377 e. The predicted molar refractivity (Wildman–Crippen MR) is 284 cm³/mol. The lowest BCUT2D eigenvalue weighted by Crippen LogP contribution is -2.60. The first-order chi connectivity index (χ1) is 41.2. The second-order valence-electron chi connectivity index (χ2n) is 29.1. The van der Waals surface area contributed by atoms with Crippen LogP contribution in [0.2, 0.25) is 0 Å². The molecule has 486 valence electrons. The van der Waals surface area contributed by atoms with E-state index in [9.17, 15) is 80.5 Å². The van der Waals surface area contributed by atoms with Crippen molar-refractivity contribution in [3.63, 3.8) is 0 Å². The highest BCUT2D eigenvalue weighted by molar-refractivity contribution is 5.91. The molecule has 0 aromatic heterocycles. The summed E-state index contributed by atoms with van der Waals surface area (Å²) in [7, 11) is 0. The fourth-order valence-corrected chi connectivity index (χ4v) is 19.4. The highest BCUT2D eigenvalue weighted by atomic mass is 19.3. The summed E-state index contributed by atoms with van der Waals surface area (Å²) >= 11 is 0. The van der Waals surface area contributed by atoms with Crippen molar-refractivity contribution in [3.8, 4) is 0 Å². The average Bonchev–Trinajstić information content (AvgIpc) is 0.955. The molecule has 0 spiro atoms. The Morgan fingerprint density at radius 3 is 1.33 bits per heavy atom. The van der Waals surface area contributed by atoms with Crippen molar-refractivity contribution in [2.45, 2.75) is 214 Å². The summed E-state index contributed by atoms with van der Waals surface area (Å²) in [6.07, 6.45) is 9.40. The van der Waals surface area contributed by atoms with Crippen LogP contribution in [0.3, 0.4) is 0 Å². The molecule has 0 heterocycles. The zero-order valence-corrected chi connectivity index (χ0v) is 49.5. The number of hydrogen-bond donors (Lipinski definition) is 2. The van der Waals surface area contributed by atoms with E-state index in [4.69, 9.17) is 37.9 Å². The molecule has 26 heteroatoms. The monoisotopic (exact) mass is 1250 g/mol. The molecule has 16 aliphatic carbocycles. The molecule has 0 saturated heterocycles. The van der Waals surface area contributed by atoms with Crippen LogP contribution in [0.25, 0.3) is 0 Å². The van der Waals surface area contributed by atoms with Gasteiger partial charge in [-0.25, -0.2) is 28.8 Å². The first kappa shape index (κ1) is 63.8. The Morgan fingerprint density at radius 1 is 0.477 bits per heavy atom. The van der Waals surface area contributed by atoms with Gasteiger partial charge in [0.15, 0.2) is 19.8 Å². The van der Waals surface area contributed by atoms with Gasteiger partial charge in [-0.2, -0.15) is 17.6 Å². The molecular weight excluding hydrogens is 1170 g/mol. The Bertz CT molecular complexity index is 2790. The predicted octanol–water partition coefficient (Wildman–Crippen LogP) is 5.65. The van der Waals surface area contributed by atoms with Gasteiger partial charge >= 0.3 is 65.6 Å². The molecule has 0 radical (unpaired) electrons. The van der Waals surface area contributed by atoms with E-state index < -0.39 is 144 Å². The van der Waals surface area contributed by atoms with Crippen molar-refractivity contribution in [2.75, 3.05) is 33.0 Å². The number of halogens is 4. The topological polar surface area (TPSA) is 311 Å². The summed E-state index contributed by atoms with van der Waals surface area (Å²) in [5.41, 5.74) is -5.02. The Balaban J connectivity index is 0.000000186. The molecule has 2 N–H and O–H groups in total. The Morgan fingerprint density at radius 2 is 0.898 bits per heavy atom. The highest BCUT2D eigenvalue weighted by Crippen LogP contribution is 2.62. The second kappa shape index (κ2) is 23.5. The molecule has 0 aromatic carbocycles. The van der Waals surface area contributed by atoms with Gasteiger partial charge < -0.3 is 52.8 Å². The van der Waals surface area contributed by atoms with Gasteiger partial charge in [-0.1, -0.05) is 0 Å². The molecule has 10 atom stereocenters. The van der Waals surface area contributed by atoms with Crippen LogP contribution in [0, 0.1) is 70.0 Å². The maximum absolute atomic E-state index is 13.6. The highest BCUT2D eigenvalue weighted by Gasteiger charge is 2.63. The summed E-state index contributed by atoms with van der Waals surface area (Å²) in [6.45, 7) is -3.06. The Hall–Kier alpha value is -5.79. The average molecular weight is 1250 g/mol.